The summed E-state index contributed by atoms with van der Waals surface area (Å²) in [5.41, 5.74) is 1.58. The van der Waals surface area contributed by atoms with E-state index in [2.05, 4.69) is 10.3 Å². The second-order valence-electron chi connectivity index (χ2n) is 6.97. The van der Waals surface area contributed by atoms with Gasteiger partial charge in [0.05, 0.1) is 0 Å². The van der Waals surface area contributed by atoms with Crippen LogP contribution in [0.15, 0.2) is 30.3 Å². The van der Waals surface area contributed by atoms with Crippen LogP contribution < -0.4 is 5.32 Å². The molecule has 0 aliphatic carbocycles. The third kappa shape index (κ3) is 4.10. The van der Waals surface area contributed by atoms with Crippen molar-refractivity contribution in [2.75, 3.05) is 6.54 Å². The molecule has 1 aromatic carbocycles. The minimum atomic E-state index is -1.26. The van der Waals surface area contributed by atoms with Gasteiger partial charge in [0, 0.05) is 17.8 Å². The number of carboxylic acids is 1. The molecular weight excluding hydrogens is 344 g/mol. The Bertz CT molecular complexity index is 855. The Kier molecular flexibility index (Phi) is 6.20. The summed E-state index contributed by atoms with van der Waals surface area (Å²) in [7, 11) is 0. The third-order valence-electron chi connectivity index (χ3n) is 4.86. The van der Waals surface area contributed by atoms with Gasteiger partial charge in [0.25, 0.3) is 5.91 Å². The van der Waals surface area contributed by atoms with E-state index in [1.807, 2.05) is 13.0 Å². The number of hydrogen-bond donors (Lipinski definition) is 3. The van der Waals surface area contributed by atoms with Gasteiger partial charge in [-0.1, -0.05) is 43.7 Å². The van der Waals surface area contributed by atoms with Crippen molar-refractivity contribution < 1.29 is 19.5 Å². The summed E-state index contributed by atoms with van der Waals surface area (Å²) in [5, 5.41) is 12.5. The molecule has 0 bridgehead atoms. The molecule has 27 heavy (non-hydrogen) atoms. The molecule has 0 aliphatic heterocycles. The van der Waals surface area contributed by atoms with E-state index in [1.165, 1.54) is 6.92 Å². The summed E-state index contributed by atoms with van der Waals surface area (Å²) in [6.45, 7) is 6.74. The quantitative estimate of drug-likeness (QED) is 0.621. The number of nitrogens with one attached hydrogen (secondary N) is 2. The molecule has 1 heterocycles. The molecule has 2 aromatic rings. The zero-order valence-electron chi connectivity index (χ0n) is 16.2. The average Bonchev–Trinajstić information content (AvgIpc) is 2.96. The van der Waals surface area contributed by atoms with Crippen molar-refractivity contribution in [1.82, 2.24) is 10.3 Å². The molecule has 6 heteroatoms. The monoisotopic (exact) mass is 370 g/mol. The van der Waals surface area contributed by atoms with Crippen molar-refractivity contribution in [2.24, 2.45) is 0 Å². The fourth-order valence-corrected chi connectivity index (χ4v) is 3.30. The molecule has 0 radical (unpaired) electrons. The number of carbonyl (C=O) groups excluding carboxylic acids is 2. The molecule has 0 saturated heterocycles. The van der Waals surface area contributed by atoms with E-state index < -0.39 is 17.3 Å². The number of benzene rings is 1. The van der Waals surface area contributed by atoms with Crippen LogP contribution in [0.5, 0.6) is 0 Å². The van der Waals surface area contributed by atoms with Crippen LogP contribution in [-0.2, 0) is 16.6 Å². The van der Waals surface area contributed by atoms with Crippen molar-refractivity contribution in [3.05, 3.63) is 58.4 Å². The topological polar surface area (TPSA) is 99.3 Å². The van der Waals surface area contributed by atoms with Crippen LogP contribution in [0.3, 0.4) is 0 Å². The van der Waals surface area contributed by atoms with Gasteiger partial charge < -0.3 is 15.4 Å². The Hall–Kier alpha value is -2.89. The maximum absolute atomic E-state index is 12.8. The van der Waals surface area contributed by atoms with Gasteiger partial charge in [0.2, 0.25) is 0 Å². The minimum Gasteiger partial charge on any atom is -0.481 e. The highest BCUT2D eigenvalue weighted by atomic mass is 16.4. The van der Waals surface area contributed by atoms with Crippen molar-refractivity contribution in [2.45, 2.75) is 46.0 Å². The van der Waals surface area contributed by atoms with Gasteiger partial charge in [-0.2, -0.15) is 0 Å². The summed E-state index contributed by atoms with van der Waals surface area (Å²) >= 11 is 0. The number of carbonyl (C=O) groups is 3. The standard InChI is InChI=1S/C21H26N2O4/c1-5-9-16-17(14(3)24)13(2)23-18(16)19(25)22-12-21(4,20(26)27)15-10-7-6-8-11-15/h6-8,10-11,23H,5,9,12H2,1-4H3,(H,22,25)(H,26,27). The second kappa shape index (κ2) is 8.20. The van der Waals surface area contributed by atoms with E-state index in [1.54, 1.807) is 38.1 Å². The number of ketones is 1. The lowest BCUT2D eigenvalue weighted by Gasteiger charge is -2.25. The number of Topliss-reactive ketones (excluding diaryl/α,β-unsaturated/α-hetero) is 1. The molecule has 1 amide bonds. The molecule has 144 valence electrons. The molecule has 1 unspecified atom stereocenters. The van der Waals surface area contributed by atoms with E-state index in [4.69, 9.17) is 0 Å². The van der Waals surface area contributed by atoms with Crippen molar-refractivity contribution in [3.8, 4) is 0 Å². The Morgan fingerprint density at radius 1 is 1.19 bits per heavy atom. The molecule has 6 nitrogen and oxygen atoms in total. The van der Waals surface area contributed by atoms with Crippen LogP contribution in [0.4, 0.5) is 0 Å². The SMILES string of the molecule is CCCc1c(C(=O)NCC(C)(C(=O)O)c2ccccc2)[nH]c(C)c1C(C)=O. The smallest absolute Gasteiger partial charge is 0.315 e. The minimum absolute atomic E-state index is 0.0653. The zero-order chi connectivity index (χ0) is 20.2. The van der Waals surface area contributed by atoms with E-state index in [0.29, 0.717) is 34.5 Å². The van der Waals surface area contributed by atoms with Crippen molar-refractivity contribution in [3.63, 3.8) is 0 Å². The largest absolute Gasteiger partial charge is 0.481 e. The first kappa shape index (κ1) is 20.4. The molecule has 0 spiro atoms. The first-order valence-corrected chi connectivity index (χ1v) is 9.01. The van der Waals surface area contributed by atoms with Gasteiger partial charge in [-0.15, -0.1) is 0 Å². The van der Waals surface area contributed by atoms with Gasteiger partial charge in [0.15, 0.2) is 5.78 Å². The number of rotatable bonds is 8. The lowest BCUT2D eigenvalue weighted by atomic mass is 9.82. The maximum atomic E-state index is 12.8. The summed E-state index contributed by atoms with van der Waals surface area (Å²) in [6.07, 6.45) is 1.38. The zero-order valence-corrected chi connectivity index (χ0v) is 16.2. The van der Waals surface area contributed by atoms with Gasteiger partial charge in [-0.25, -0.2) is 0 Å². The Balaban J connectivity index is 2.30. The van der Waals surface area contributed by atoms with Crippen LogP contribution in [0, 0.1) is 6.92 Å². The van der Waals surface area contributed by atoms with Crippen LogP contribution in [0.25, 0.3) is 0 Å². The lowest BCUT2D eigenvalue weighted by molar-refractivity contribution is -0.142. The van der Waals surface area contributed by atoms with Gasteiger partial charge in [-0.05, 0) is 38.3 Å². The fourth-order valence-electron chi connectivity index (χ4n) is 3.30. The number of amides is 1. The second-order valence-corrected chi connectivity index (χ2v) is 6.97. The number of aromatic nitrogens is 1. The molecule has 0 saturated carbocycles. The number of aromatic amines is 1. The van der Waals surface area contributed by atoms with E-state index in [0.717, 1.165) is 6.42 Å². The molecule has 2 rings (SSSR count). The highest BCUT2D eigenvalue weighted by Gasteiger charge is 2.36. The van der Waals surface area contributed by atoms with Crippen LogP contribution in [-0.4, -0.2) is 34.3 Å². The molecule has 1 aromatic heterocycles. The van der Waals surface area contributed by atoms with Crippen molar-refractivity contribution >= 4 is 17.7 Å². The maximum Gasteiger partial charge on any atom is 0.315 e. The number of aliphatic carboxylic acids is 1. The predicted octanol–water partition coefficient (Wildman–Crippen LogP) is 3.25. The average molecular weight is 370 g/mol. The predicted molar refractivity (Wildman–Crippen MR) is 103 cm³/mol. The highest BCUT2D eigenvalue weighted by Crippen LogP contribution is 2.25. The Morgan fingerprint density at radius 3 is 2.33 bits per heavy atom. The van der Waals surface area contributed by atoms with Gasteiger partial charge in [0.1, 0.15) is 11.1 Å². The van der Waals surface area contributed by atoms with Crippen LogP contribution in [0.1, 0.15) is 64.9 Å². The summed E-state index contributed by atoms with van der Waals surface area (Å²) in [6, 6.07) is 8.81. The van der Waals surface area contributed by atoms with Crippen LogP contribution >= 0.6 is 0 Å². The number of hydrogen-bond acceptors (Lipinski definition) is 3. The molecule has 1 atom stereocenters. The molecule has 3 N–H and O–H groups in total. The number of carboxylic acid groups (broad SMARTS) is 1. The Labute approximate surface area is 159 Å². The Morgan fingerprint density at radius 2 is 1.81 bits per heavy atom. The van der Waals surface area contributed by atoms with Crippen LogP contribution in [0.2, 0.25) is 0 Å². The first-order valence-electron chi connectivity index (χ1n) is 9.01. The van der Waals surface area contributed by atoms with E-state index in [-0.39, 0.29) is 12.3 Å². The highest BCUT2D eigenvalue weighted by molar-refractivity contribution is 6.02. The number of aryl methyl sites for hydroxylation is 1. The fraction of sp³-hybridized carbons (Fsp3) is 0.381. The normalized spacial score (nSPS) is 13.0. The molecular formula is C21H26N2O4. The molecule has 0 aliphatic rings. The first-order chi connectivity index (χ1) is 12.7. The van der Waals surface area contributed by atoms with Gasteiger partial charge in [-0.3, -0.25) is 14.4 Å². The summed E-state index contributed by atoms with van der Waals surface area (Å²) in [5.74, 6) is -1.52. The summed E-state index contributed by atoms with van der Waals surface area (Å²) in [4.78, 5) is 39.6. The van der Waals surface area contributed by atoms with E-state index in [9.17, 15) is 19.5 Å². The van der Waals surface area contributed by atoms with Gasteiger partial charge >= 0.3 is 5.97 Å². The third-order valence-corrected chi connectivity index (χ3v) is 4.86. The number of H-pyrrole nitrogens is 1. The van der Waals surface area contributed by atoms with Crippen molar-refractivity contribution in [1.29, 1.82) is 0 Å². The summed E-state index contributed by atoms with van der Waals surface area (Å²) < 4.78 is 0. The molecule has 0 fully saturated rings. The lowest BCUT2D eigenvalue weighted by Crippen LogP contribution is -2.44. The van der Waals surface area contributed by atoms with E-state index >= 15 is 0 Å².